The van der Waals surface area contributed by atoms with Crippen LogP contribution in [0.4, 0.5) is 0 Å². The van der Waals surface area contributed by atoms with Gasteiger partial charge < -0.3 is 19.3 Å². The number of carbonyl (C=O) groups excluding carboxylic acids is 1. The number of hydrogen-bond acceptors (Lipinski definition) is 5. The fourth-order valence-corrected chi connectivity index (χ4v) is 3.16. The fraction of sp³-hybridized carbons (Fsp3) is 0.333. The molecule has 0 aliphatic rings. The molecule has 3 aromatic rings. The summed E-state index contributed by atoms with van der Waals surface area (Å²) in [4.78, 5) is 12.3. The SMILES string of the molecule is COc1ccc(CCNC(=O)Cc2noc3c(C)cc(C)cc23)cc1OC. The van der Waals surface area contributed by atoms with Crippen LogP contribution in [0, 0.1) is 13.8 Å². The molecule has 6 nitrogen and oxygen atoms in total. The topological polar surface area (TPSA) is 73.6 Å². The third-order valence-corrected chi connectivity index (χ3v) is 4.49. The molecule has 0 spiro atoms. The monoisotopic (exact) mass is 368 g/mol. The maximum Gasteiger partial charge on any atom is 0.226 e. The van der Waals surface area contributed by atoms with Crippen LogP contribution in [0.3, 0.4) is 0 Å². The van der Waals surface area contributed by atoms with E-state index in [0.717, 1.165) is 27.7 Å². The van der Waals surface area contributed by atoms with Crippen molar-refractivity contribution in [1.29, 1.82) is 0 Å². The van der Waals surface area contributed by atoms with Gasteiger partial charge in [0.2, 0.25) is 5.91 Å². The van der Waals surface area contributed by atoms with Crippen LogP contribution in [0.25, 0.3) is 11.0 Å². The molecule has 0 aliphatic carbocycles. The van der Waals surface area contributed by atoms with Crippen LogP contribution in [-0.2, 0) is 17.6 Å². The summed E-state index contributed by atoms with van der Waals surface area (Å²) in [6.45, 7) is 4.53. The van der Waals surface area contributed by atoms with Crippen molar-refractivity contribution in [2.45, 2.75) is 26.7 Å². The van der Waals surface area contributed by atoms with Crippen LogP contribution < -0.4 is 14.8 Å². The fourth-order valence-electron chi connectivity index (χ4n) is 3.16. The van der Waals surface area contributed by atoms with E-state index in [1.165, 1.54) is 0 Å². The van der Waals surface area contributed by atoms with Crippen molar-refractivity contribution >= 4 is 16.9 Å². The molecule has 0 saturated carbocycles. The molecule has 6 heteroatoms. The lowest BCUT2D eigenvalue weighted by molar-refractivity contribution is -0.120. The van der Waals surface area contributed by atoms with Gasteiger partial charge in [-0.3, -0.25) is 4.79 Å². The predicted octanol–water partition coefficient (Wildman–Crippen LogP) is 3.36. The first kappa shape index (κ1) is 18.8. The first-order valence-corrected chi connectivity index (χ1v) is 8.85. The highest BCUT2D eigenvalue weighted by Crippen LogP contribution is 2.27. The Kier molecular flexibility index (Phi) is 5.64. The van der Waals surface area contributed by atoms with Crippen LogP contribution in [0.15, 0.2) is 34.9 Å². The molecule has 142 valence electrons. The number of methoxy groups -OCH3 is 2. The first-order valence-electron chi connectivity index (χ1n) is 8.85. The number of hydrogen-bond donors (Lipinski definition) is 1. The van der Waals surface area contributed by atoms with Gasteiger partial charge in [-0.15, -0.1) is 0 Å². The third kappa shape index (κ3) is 4.22. The number of aromatic nitrogens is 1. The molecular weight excluding hydrogens is 344 g/mol. The molecule has 1 heterocycles. The van der Waals surface area contributed by atoms with Crippen molar-refractivity contribution in [3.63, 3.8) is 0 Å². The van der Waals surface area contributed by atoms with Gasteiger partial charge in [-0.2, -0.15) is 0 Å². The average molecular weight is 368 g/mol. The lowest BCUT2D eigenvalue weighted by Gasteiger charge is -2.10. The summed E-state index contributed by atoms with van der Waals surface area (Å²) in [7, 11) is 3.21. The molecule has 27 heavy (non-hydrogen) atoms. The summed E-state index contributed by atoms with van der Waals surface area (Å²) in [5.41, 5.74) is 4.62. The summed E-state index contributed by atoms with van der Waals surface area (Å²) in [6, 6.07) is 9.79. The van der Waals surface area contributed by atoms with E-state index in [2.05, 4.69) is 10.5 Å². The van der Waals surface area contributed by atoms with Gasteiger partial charge in [-0.25, -0.2) is 0 Å². The highest BCUT2D eigenvalue weighted by Gasteiger charge is 2.14. The number of benzene rings is 2. The second-order valence-electron chi connectivity index (χ2n) is 6.55. The molecule has 0 saturated heterocycles. The lowest BCUT2D eigenvalue weighted by Crippen LogP contribution is -2.27. The summed E-state index contributed by atoms with van der Waals surface area (Å²) in [5, 5.41) is 7.92. The minimum absolute atomic E-state index is 0.0789. The zero-order valence-corrected chi connectivity index (χ0v) is 16.1. The second-order valence-corrected chi connectivity index (χ2v) is 6.55. The molecular formula is C21H24N2O4. The Morgan fingerprint density at radius 1 is 1.11 bits per heavy atom. The maximum atomic E-state index is 12.3. The van der Waals surface area contributed by atoms with E-state index in [1.54, 1.807) is 14.2 Å². The highest BCUT2D eigenvalue weighted by molar-refractivity contribution is 5.88. The average Bonchev–Trinajstić information content (AvgIpc) is 3.04. The number of aryl methyl sites for hydroxylation is 2. The number of nitrogens with one attached hydrogen (secondary N) is 1. The second kappa shape index (κ2) is 8.12. The van der Waals surface area contributed by atoms with Crippen LogP contribution >= 0.6 is 0 Å². The number of nitrogens with zero attached hydrogens (tertiary/aromatic N) is 1. The van der Waals surface area contributed by atoms with Gasteiger partial charge in [0.1, 0.15) is 5.69 Å². The van der Waals surface area contributed by atoms with E-state index in [0.29, 0.717) is 30.2 Å². The first-order chi connectivity index (χ1) is 13.0. The van der Waals surface area contributed by atoms with Crippen molar-refractivity contribution < 1.29 is 18.8 Å². The van der Waals surface area contributed by atoms with E-state index in [9.17, 15) is 4.79 Å². The molecule has 0 atom stereocenters. The zero-order chi connectivity index (χ0) is 19.4. The van der Waals surface area contributed by atoms with Crippen molar-refractivity contribution in [2.75, 3.05) is 20.8 Å². The Morgan fingerprint density at radius 2 is 1.89 bits per heavy atom. The number of fused-ring (bicyclic) bond motifs is 1. The minimum Gasteiger partial charge on any atom is -0.493 e. The Hall–Kier alpha value is -3.02. The van der Waals surface area contributed by atoms with Gasteiger partial charge in [0.15, 0.2) is 17.1 Å². The summed E-state index contributed by atoms with van der Waals surface area (Å²) in [6.07, 6.45) is 0.895. The lowest BCUT2D eigenvalue weighted by atomic mass is 10.1. The summed E-state index contributed by atoms with van der Waals surface area (Å²) >= 11 is 0. The quantitative estimate of drug-likeness (QED) is 0.692. The van der Waals surface area contributed by atoms with Gasteiger partial charge in [-0.05, 0) is 55.2 Å². The molecule has 3 rings (SSSR count). The van der Waals surface area contributed by atoms with Crippen LogP contribution in [0.1, 0.15) is 22.4 Å². The normalized spacial score (nSPS) is 10.8. The highest BCUT2D eigenvalue weighted by atomic mass is 16.5. The van der Waals surface area contributed by atoms with Gasteiger partial charge in [0.25, 0.3) is 0 Å². The van der Waals surface area contributed by atoms with E-state index in [4.69, 9.17) is 14.0 Å². The smallest absolute Gasteiger partial charge is 0.226 e. The standard InChI is InChI=1S/C21H24N2O4/c1-13-9-14(2)21-16(10-13)17(23-27-21)12-20(24)22-8-7-15-5-6-18(25-3)19(11-15)26-4/h5-6,9-11H,7-8,12H2,1-4H3,(H,22,24). The van der Waals surface area contributed by atoms with Crippen LogP contribution in [-0.4, -0.2) is 31.8 Å². The molecule has 1 amide bonds. The van der Waals surface area contributed by atoms with Crippen LogP contribution in [0.5, 0.6) is 11.5 Å². The zero-order valence-electron chi connectivity index (χ0n) is 16.1. The van der Waals surface area contributed by atoms with Gasteiger partial charge in [-0.1, -0.05) is 17.3 Å². The summed E-state index contributed by atoms with van der Waals surface area (Å²) < 4.78 is 15.9. The maximum absolute atomic E-state index is 12.3. The third-order valence-electron chi connectivity index (χ3n) is 4.49. The Morgan fingerprint density at radius 3 is 2.63 bits per heavy atom. The van der Waals surface area contributed by atoms with Gasteiger partial charge in [0.05, 0.1) is 20.6 Å². The van der Waals surface area contributed by atoms with Gasteiger partial charge >= 0.3 is 0 Å². The van der Waals surface area contributed by atoms with E-state index < -0.39 is 0 Å². The van der Waals surface area contributed by atoms with E-state index >= 15 is 0 Å². The Labute approximate surface area is 158 Å². The number of carbonyl (C=O) groups is 1. The van der Waals surface area contributed by atoms with Crippen molar-refractivity contribution in [3.05, 3.63) is 52.7 Å². The molecule has 0 fully saturated rings. The Balaban J connectivity index is 1.59. The summed E-state index contributed by atoms with van der Waals surface area (Å²) in [5.74, 6) is 1.29. The van der Waals surface area contributed by atoms with Crippen molar-refractivity contribution in [1.82, 2.24) is 10.5 Å². The number of ether oxygens (including phenoxy) is 2. The number of rotatable bonds is 7. The molecule has 0 unspecified atom stereocenters. The van der Waals surface area contributed by atoms with E-state index in [-0.39, 0.29) is 12.3 Å². The minimum atomic E-state index is -0.0789. The van der Waals surface area contributed by atoms with E-state index in [1.807, 2.05) is 44.2 Å². The molecule has 0 aliphatic heterocycles. The largest absolute Gasteiger partial charge is 0.493 e. The number of amides is 1. The molecule has 1 aromatic heterocycles. The van der Waals surface area contributed by atoms with Crippen LogP contribution in [0.2, 0.25) is 0 Å². The molecule has 0 bridgehead atoms. The Bertz CT molecular complexity index is 962. The molecule has 2 aromatic carbocycles. The van der Waals surface area contributed by atoms with Gasteiger partial charge in [0, 0.05) is 11.9 Å². The molecule has 1 N–H and O–H groups in total. The van der Waals surface area contributed by atoms with Crippen molar-refractivity contribution in [3.8, 4) is 11.5 Å². The molecule has 0 radical (unpaired) electrons. The van der Waals surface area contributed by atoms with Crippen molar-refractivity contribution in [2.24, 2.45) is 0 Å². The predicted molar refractivity (Wildman–Crippen MR) is 103 cm³/mol.